The van der Waals surface area contributed by atoms with Crippen molar-refractivity contribution in [3.05, 3.63) is 71.2 Å². The summed E-state index contributed by atoms with van der Waals surface area (Å²) in [5, 5.41) is 12.4. The highest BCUT2D eigenvalue weighted by molar-refractivity contribution is 5.96. The molecule has 0 saturated carbocycles. The fourth-order valence-electron chi connectivity index (χ4n) is 3.14. The molecular weight excluding hydrogens is 409 g/mol. The topological polar surface area (TPSA) is 88.1 Å². The average Bonchev–Trinajstić information content (AvgIpc) is 3.12. The van der Waals surface area contributed by atoms with E-state index in [1.807, 2.05) is 58.9 Å². The molecule has 0 aliphatic heterocycles. The maximum Gasteiger partial charge on any atom is 0.319 e. The van der Waals surface area contributed by atoms with Crippen LogP contribution < -0.4 is 16.0 Å². The van der Waals surface area contributed by atoms with Crippen LogP contribution in [0.5, 0.6) is 0 Å². The number of nitrogens with one attached hydrogen (secondary N) is 3. The van der Waals surface area contributed by atoms with Crippen LogP contribution in [-0.4, -0.2) is 28.3 Å². The summed E-state index contributed by atoms with van der Waals surface area (Å²) in [4.78, 5) is 24.6. The normalized spacial score (nSPS) is 11.2. The predicted octanol–water partition coefficient (Wildman–Crippen LogP) is 4.69. The molecule has 0 aliphatic rings. The number of urea groups is 1. The molecule has 0 unspecified atom stereocenters. The smallest absolute Gasteiger partial charge is 0.319 e. The van der Waals surface area contributed by atoms with Gasteiger partial charge in [-0.05, 0) is 37.6 Å². The Morgan fingerprint density at radius 2 is 1.75 bits per heavy atom. The largest absolute Gasteiger partial charge is 0.329 e. The van der Waals surface area contributed by atoms with Gasteiger partial charge in [-0.2, -0.15) is 5.10 Å². The summed E-state index contributed by atoms with van der Waals surface area (Å²) in [6.07, 6.45) is 0. The van der Waals surface area contributed by atoms with Crippen molar-refractivity contribution in [2.24, 2.45) is 0 Å². The Balaban J connectivity index is 1.74. The van der Waals surface area contributed by atoms with E-state index >= 15 is 0 Å². The van der Waals surface area contributed by atoms with Crippen LogP contribution in [-0.2, 0) is 10.2 Å². The molecule has 168 valence electrons. The molecule has 3 N–H and O–H groups in total. The summed E-state index contributed by atoms with van der Waals surface area (Å²) in [7, 11) is 0. The van der Waals surface area contributed by atoms with E-state index in [-0.39, 0.29) is 17.6 Å². The lowest BCUT2D eigenvalue weighted by atomic mass is 9.92. The summed E-state index contributed by atoms with van der Waals surface area (Å²) in [5.41, 5.74) is 3.63. The quantitative estimate of drug-likeness (QED) is 0.541. The number of aryl methyl sites for hydroxylation is 2. The number of aromatic nitrogens is 2. The second-order valence-corrected chi connectivity index (χ2v) is 8.70. The Hall–Kier alpha value is -3.68. The molecule has 1 aromatic heterocycles. The van der Waals surface area contributed by atoms with Crippen LogP contribution >= 0.6 is 0 Å². The number of hydrogen-bond acceptors (Lipinski definition) is 3. The second-order valence-electron chi connectivity index (χ2n) is 8.70. The van der Waals surface area contributed by atoms with E-state index in [1.54, 1.807) is 10.7 Å². The van der Waals surface area contributed by atoms with Crippen LogP contribution in [0.1, 0.15) is 37.6 Å². The third-order valence-electron chi connectivity index (χ3n) is 4.86. The third-order valence-corrected chi connectivity index (χ3v) is 4.86. The fourth-order valence-corrected chi connectivity index (χ4v) is 3.14. The monoisotopic (exact) mass is 437 g/mol. The molecule has 1 heterocycles. The van der Waals surface area contributed by atoms with E-state index in [2.05, 4.69) is 16.0 Å². The van der Waals surface area contributed by atoms with Crippen molar-refractivity contribution in [2.75, 3.05) is 17.2 Å². The number of rotatable bonds is 5. The summed E-state index contributed by atoms with van der Waals surface area (Å²) in [5.74, 6) is -0.484. The van der Waals surface area contributed by atoms with E-state index < -0.39 is 17.8 Å². The van der Waals surface area contributed by atoms with Crippen molar-refractivity contribution < 1.29 is 14.0 Å². The number of amides is 3. The molecule has 0 radical (unpaired) electrons. The molecule has 0 saturated heterocycles. The van der Waals surface area contributed by atoms with Gasteiger partial charge in [0.2, 0.25) is 5.91 Å². The van der Waals surface area contributed by atoms with Gasteiger partial charge in [-0.3, -0.25) is 4.79 Å². The zero-order chi connectivity index (χ0) is 23.5. The van der Waals surface area contributed by atoms with Crippen molar-refractivity contribution in [1.82, 2.24) is 15.1 Å². The first-order valence-corrected chi connectivity index (χ1v) is 10.3. The van der Waals surface area contributed by atoms with Crippen LogP contribution in [0.15, 0.2) is 48.5 Å². The van der Waals surface area contributed by atoms with E-state index in [1.165, 1.54) is 18.2 Å². The molecule has 7 nitrogen and oxygen atoms in total. The molecular formula is C24H28FN5O2. The standard InChI is InChI=1S/C24H28FN5O2/c1-15-10-11-19(16(2)12-15)30-21(13-20(29-30)24(3,4)5)28-22(31)14-26-23(32)27-18-9-7-6-8-17(18)25/h6-13H,14H2,1-5H3,(H,28,31)(H2,26,27,32). The number of benzene rings is 2. The number of nitrogens with zero attached hydrogens (tertiary/aromatic N) is 2. The minimum Gasteiger partial charge on any atom is -0.329 e. The lowest BCUT2D eigenvalue weighted by molar-refractivity contribution is -0.115. The number of para-hydroxylation sites is 1. The molecule has 0 aliphatic carbocycles. The third kappa shape index (κ3) is 5.51. The van der Waals surface area contributed by atoms with Crippen LogP contribution in [0.3, 0.4) is 0 Å². The van der Waals surface area contributed by atoms with Crippen LogP contribution in [0.4, 0.5) is 20.7 Å². The van der Waals surface area contributed by atoms with Gasteiger partial charge in [-0.15, -0.1) is 0 Å². The van der Waals surface area contributed by atoms with Crippen molar-refractivity contribution in [1.29, 1.82) is 0 Å². The second kappa shape index (κ2) is 9.21. The summed E-state index contributed by atoms with van der Waals surface area (Å²) >= 11 is 0. The van der Waals surface area contributed by atoms with Crippen LogP contribution in [0, 0.1) is 19.7 Å². The Morgan fingerprint density at radius 3 is 2.41 bits per heavy atom. The van der Waals surface area contributed by atoms with E-state index in [0.717, 1.165) is 22.5 Å². The Bertz CT molecular complexity index is 1150. The Labute approximate surface area is 187 Å². The van der Waals surface area contributed by atoms with Gasteiger partial charge in [0.25, 0.3) is 0 Å². The van der Waals surface area contributed by atoms with Gasteiger partial charge in [0.1, 0.15) is 11.6 Å². The van der Waals surface area contributed by atoms with Gasteiger partial charge in [-0.1, -0.05) is 50.6 Å². The fraction of sp³-hybridized carbons (Fsp3) is 0.292. The number of hydrogen-bond donors (Lipinski definition) is 3. The average molecular weight is 438 g/mol. The zero-order valence-corrected chi connectivity index (χ0v) is 18.9. The minimum atomic E-state index is -0.677. The van der Waals surface area contributed by atoms with Gasteiger partial charge >= 0.3 is 6.03 Å². The highest BCUT2D eigenvalue weighted by Crippen LogP contribution is 2.27. The number of carbonyl (C=O) groups excluding carboxylic acids is 2. The van der Waals surface area contributed by atoms with Gasteiger partial charge < -0.3 is 16.0 Å². The molecule has 2 aromatic carbocycles. The van der Waals surface area contributed by atoms with Crippen molar-refractivity contribution in [3.63, 3.8) is 0 Å². The molecule has 0 bridgehead atoms. The first kappa shape index (κ1) is 23.0. The first-order chi connectivity index (χ1) is 15.0. The van der Waals surface area contributed by atoms with Crippen LogP contribution in [0.2, 0.25) is 0 Å². The van der Waals surface area contributed by atoms with Crippen molar-refractivity contribution in [3.8, 4) is 5.69 Å². The van der Waals surface area contributed by atoms with Gasteiger partial charge in [-0.25, -0.2) is 13.9 Å². The summed E-state index contributed by atoms with van der Waals surface area (Å²) in [6, 6.07) is 13.0. The minimum absolute atomic E-state index is 0.0353. The van der Waals surface area contributed by atoms with Crippen molar-refractivity contribution in [2.45, 2.75) is 40.0 Å². The lowest BCUT2D eigenvalue weighted by Crippen LogP contribution is -2.36. The SMILES string of the molecule is Cc1ccc(-n2nc(C(C)(C)C)cc2NC(=O)CNC(=O)Nc2ccccc2F)c(C)c1. The number of halogens is 1. The first-order valence-electron chi connectivity index (χ1n) is 10.3. The molecule has 3 rings (SSSR count). The van der Waals surface area contributed by atoms with E-state index in [4.69, 9.17) is 5.10 Å². The number of carbonyl (C=O) groups is 2. The zero-order valence-electron chi connectivity index (χ0n) is 18.9. The molecule has 3 aromatic rings. The maximum absolute atomic E-state index is 13.7. The summed E-state index contributed by atoms with van der Waals surface area (Å²) in [6.45, 7) is 9.84. The highest BCUT2D eigenvalue weighted by atomic mass is 19.1. The predicted molar refractivity (Wildman–Crippen MR) is 124 cm³/mol. The van der Waals surface area contributed by atoms with Crippen LogP contribution in [0.25, 0.3) is 5.69 Å². The molecule has 0 fully saturated rings. The molecule has 0 atom stereocenters. The molecule has 3 amide bonds. The molecule has 32 heavy (non-hydrogen) atoms. The Morgan fingerprint density at radius 1 is 1.03 bits per heavy atom. The van der Waals surface area contributed by atoms with E-state index in [0.29, 0.717) is 5.82 Å². The van der Waals surface area contributed by atoms with Gasteiger partial charge in [0, 0.05) is 11.5 Å². The van der Waals surface area contributed by atoms with Crippen molar-refractivity contribution >= 4 is 23.4 Å². The van der Waals surface area contributed by atoms with E-state index in [9.17, 15) is 14.0 Å². The maximum atomic E-state index is 13.7. The Kier molecular flexibility index (Phi) is 6.62. The van der Waals surface area contributed by atoms with Gasteiger partial charge in [0.05, 0.1) is 23.6 Å². The highest BCUT2D eigenvalue weighted by Gasteiger charge is 2.22. The summed E-state index contributed by atoms with van der Waals surface area (Å²) < 4.78 is 15.4. The molecule has 8 heteroatoms. The lowest BCUT2D eigenvalue weighted by Gasteiger charge is -2.14. The number of anilines is 2. The molecule has 0 spiro atoms. The van der Waals surface area contributed by atoms with Gasteiger partial charge in [0.15, 0.2) is 0 Å².